The Hall–Kier alpha value is -2.79. The van der Waals surface area contributed by atoms with Gasteiger partial charge in [-0.3, -0.25) is 19.3 Å². The lowest BCUT2D eigenvalue weighted by atomic mass is 9.59. The van der Waals surface area contributed by atoms with Gasteiger partial charge in [-0.05, 0) is 63.1 Å². The van der Waals surface area contributed by atoms with Crippen molar-refractivity contribution in [3.05, 3.63) is 34.4 Å². The highest BCUT2D eigenvalue weighted by molar-refractivity contribution is 6.23. The minimum atomic E-state index is -2.67. The molecular weight excluding hydrogens is 466 g/mol. The second-order valence-electron chi connectivity index (χ2n) is 9.94. The van der Waals surface area contributed by atoms with Crippen LogP contribution in [0.3, 0.4) is 0 Å². The molecule has 2 aliphatic rings. The molecule has 0 aliphatic heterocycles. The first kappa shape index (κ1) is 27.8. The van der Waals surface area contributed by atoms with Gasteiger partial charge in [0.1, 0.15) is 11.5 Å². The van der Waals surface area contributed by atoms with Gasteiger partial charge < -0.3 is 31.1 Å². The molecule has 4 atom stereocenters. The first-order valence-electron chi connectivity index (χ1n) is 12.3. The van der Waals surface area contributed by atoms with Crippen molar-refractivity contribution in [1.82, 2.24) is 9.80 Å². The van der Waals surface area contributed by atoms with Gasteiger partial charge in [0, 0.05) is 24.1 Å². The highest BCUT2D eigenvalue weighted by Crippen LogP contribution is 2.49. The molecule has 36 heavy (non-hydrogen) atoms. The summed E-state index contributed by atoms with van der Waals surface area (Å²) in [5, 5.41) is 43.6. The summed E-state index contributed by atoms with van der Waals surface area (Å²) in [6, 6.07) is 2.49. The number of aliphatic hydroxyl groups excluding tert-OH is 2. The lowest BCUT2D eigenvalue weighted by Gasteiger charge is -2.47. The molecule has 1 saturated carbocycles. The van der Waals surface area contributed by atoms with Crippen molar-refractivity contribution in [3.63, 3.8) is 0 Å². The Morgan fingerprint density at radius 3 is 2.36 bits per heavy atom. The van der Waals surface area contributed by atoms with Crippen molar-refractivity contribution in [2.75, 3.05) is 33.8 Å². The van der Waals surface area contributed by atoms with Crippen LogP contribution in [0, 0.1) is 11.8 Å². The maximum absolute atomic E-state index is 13.8. The van der Waals surface area contributed by atoms with E-state index in [0.717, 1.165) is 18.7 Å². The number of aliphatic hydroxyl groups is 3. The summed E-state index contributed by atoms with van der Waals surface area (Å²) in [7, 11) is 3.31. The number of amides is 1. The summed E-state index contributed by atoms with van der Waals surface area (Å²) in [6.45, 7) is 5.82. The second kappa shape index (κ2) is 10.7. The third-order valence-corrected chi connectivity index (χ3v) is 7.77. The summed E-state index contributed by atoms with van der Waals surface area (Å²) >= 11 is 0. The number of primary amides is 1. The minimum absolute atomic E-state index is 0.0926. The standard InChI is InChI=1S/C26H37N3O7/c1-5-29(6-2)12-14-7-8-19(31)23-16(14)9-15-10-17(18(13-30)28(3)4)26(36,20(32)11-21(27)33)25(35)22(15)24(23)34/h7-8,15,17-18,30-31,34,36H,5-6,9-13H2,1-4H3,(H2,27,33)/t15-,17-,18?,26+/m0/s1. The van der Waals surface area contributed by atoms with Crippen LogP contribution in [0.4, 0.5) is 0 Å². The largest absolute Gasteiger partial charge is 0.507 e. The van der Waals surface area contributed by atoms with Crippen molar-refractivity contribution >= 4 is 23.2 Å². The Morgan fingerprint density at radius 2 is 1.83 bits per heavy atom. The molecule has 1 amide bonds. The monoisotopic (exact) mass is 503 g/mol. The first-order chi connectivity index (χ1) is 16.9. The Balaban J connectivity index is 2.21. The number of rotatable bonds is 10. The van der Waals surface area contributed by atoms with Crippen molar-refractivity contribution in [2.24, 2.45) is 17.6 Å². The number of hydrogen-bond acceptors (Lipinski definition) is 9. The zero-order valence-corrected chi connectivity index (χ0v) is 21.3. The summed E-state index contributed by atoms with van der Waals surface area (Å²) in [5.74, 6) is -5.40. The molecule has 10 heteroatoms. The van der Waals surface area contributed by atoms with Gasteiger partial charge >= 0.3 is 0 Å². The molecule has 0 heterocycles. The fourth-order valence-corrected chi connectivity index (χ4v) is 5.75. The van der Waals surface area contributed by atoms with E-state index in [4.69, 9.17) is 5.73 Å². The Bertz CT molecular complexity index is 1080. The van der Waals surface area contributed by atoms with Crippen LogP contribution in [0.25, 0.3) is 5.76 Å². The lowest BCUT2D eigenvalue weighted by molar-refractivity contribution is -0.163. The molecule has 3 rings (SSSR count). The van der Waals surface area contributed by atoms with Crippen LogP contribution in [0.1, 0.15) is 43.4 Å². The second-order valence-corrected chi connectivity index (χ2v) is 9.94. The molecule has 1 unspecified atom stereocenters. The third-order valence-electron chi connectivity index (χ3n) is 7.77. The van der Waals surface area contributed by atoms with E-state index in [9.17, 15) is 34.8 Å². The van der Waals surface area contributed by atoms with Crippen LogP contribution in [0.5, 0.6) is 5.75 Å². The number of fused-ring (bicyclic) bond motifs is 2. The number of nitrogens with zero attached hydrogens (tertiary/aromatic N) is 2. The van der Waals surface area contributed by atoms with Crippen LogP contribution in [-0.4, -0.2) is 93.1 Å². The average Bonchev–Trinajstić information content (AvgIpc) is 2.81. The van der Waals surface area contributed by atoms with Crippen LogP contribution in [0.2, 0.25) is 0 Å². The zero-order valence-electron chi connectivity index (χ0n) is 21.3. The molecule has 0 aromatic heterocycles. The first-order valence-corrected chi connectivity index (χ1v) is 12.3. The summed E-state index contributed by atoms with van der Waals surface area (Å²) in [6.07, 6.45) is -0.470. The number of Topliss-reactive ketones (excluding diaryl/α,β-unsaturated/α-hetero) is 2. The molecule has 6 N–H and O–H groups in total. The van der Waals surface area contributed by atoms with Crippen molar-refractivity contribution in [2.45, 2.75) is 51.3 Å². The average molecular weight is 504 g/mol. The lowest BCUT2D eigenvalue weighted by Crippen LogP contribution is -2.64. The van der Waals surface area contributed by atoms with Gasteiger partial charge in [0.2, 0.25) is 11.7 Å². The van der Waals surface area contributed by atoms with Gasteiger partial charge in [-0.15, -0.1) is 0 Å². The molecule has 1 aromatic carbocycles. The predicted octanol–water partition coefficient (Wildman–Crippen LogP) is 0.363. The van der Waals surface area contributed by atoms with Gasteiger partial charge in [0.05, 0.1) is 18.6 Å². The molecular formula is C26H37N3O7. The smallest absolute Gasteiger partial charge is 0.225 e. The third kappa shape index (κ3) is 4.66. The molecule has 10 nitrogen and oxygen atoms in total. The predicted molar refractivity (Wildman–Crippen MR) is 133 cm³/mol. The zero-order chi connectivity index (χ0) is 26.9. The van der Waals surface area contributed by atoms with Crippen molar-refractivity contribution in [1.29, 1.82) is 0 Å². The highest BCUT2D eigenvalue weighted by atomic mass is 16.3. The fourth-order valence-electron chi connectivity index (χ4n) is 5.75. The highest BCUT2D eigenvalue weighted by Gasteiger charge is 2.60. The summed E-state index contributed by atoms with van der Waals surface area (Å²) in [5.41, 5.74) is 4.11. The molecule has 0 radical (unpaired) electrons. The van der Waals surface area contributed by atoms with E-state index in [1.165, 1.54) is 6.07 Å². The summed E-state index contributed by atoms with van der Waals surface area (Å²) in [4.78, 5) is 42.2. The normalized spacial score (nSPS) is 24.6. The number of nitrogens with two attached hydrogens (primary N) is 1. The molecule has 0 saturated heterocycles. The Morgan fingerprint density at radius 1 is 1.19 bits per heavy atom. The van der Waals surface area contributed by atoms with Gasteiger partial charge in [-0.25, -0.2) is 0 Å². The van der Waals surface area contributed by atoms with E-state index in [1.807, 2.05) is 13.8 Å². The van der Waals surface area contributed by atoms with E-state index in [0.29, 0.717) is 18.5 Å². The van der Waals surface area contributed by atoms with Gasteiger partial charge in [0.15, 0.2) is 11.4 Å². The van der Waals surface area contributed by atoms with E-state index < -0.39 is 59.7 Å². The number of aromatic hydroxyl groups is 1. The number of carbonyl (C=O) groups excluding carboxylic acids is 3. The number of ketones is 2. The Kier molecular flexibility index (Phi) is 8.24. The number of likely N-dealkylation sites (N-methyl/N-ethyl adjacent to an activating group) is 1. The van der Waals surface area contributed by atoms with Crippen molar-refractivity contribution in [3.8, 4) is 5.75 Å². The van der Waals surface area contributed by atoms with E-state index >= 15 is 0 Å². The number of phenolic OH excluding ortho intramolecular Hbond substituents is 1. The van der Waals surface area contributed by atoms with Crippen LogP contribution in [0.15, 0.2) is 17.7 Å². The number of hydrogen-bond donors (Lipinski definition) is 5. The molecule has 1 aromatic rings. The maximum atomic E-state index is 13.8. The van der Waals surface area contributed by atoms with E-state index in [2.05, 4.69) is 4.90 Å². The molecule has 198 valence electrons. The Labute approximate surface area is 211 Å². The van der Waals surface area contributed by atoms with Crippen molar-refractivity contribution < 1.29 is 34.8 Å². The van der Waals surface area contributed by atoms with Crippen LogP contribution >= 0.6 is 0 Å². The quantitative estimate of drug-likeness (QED) is 0.284. The van der Waals surface area contributed by atoms with Gasteiger partial charge in [-0.2, -0.15) is 0 Å². The minimum Gasteiger partial charge on any atom is -0.507 e. The van der Waals surface area contributed by atoms with E-state index in [1.54, 1.807) is 25.1 Å². The van der Waals surface area contributed by atoms with Gasteiger partial charge in [-0.1, -0.05) is 19.9 Å². The number of carbonyl (C=O) groups is 3. The van der Waals surface area contributed by atoms with Crippen LogP contribution < -0.4 is 5.73 Å². The summed E-state index contributed by atoms with van der Waals surface area (Å²) < 4.78 is 0. The topological polar surface area (TPSA) is 165 Å². The number of benzene rings is 1. The molecule has 2 aliphatic carbocycles. The fraction of sp³-hybridized carbons (Fsp3) is 0.577. The SMILES string of the molecule is CCN(CC)Cc1ccc(O)c2c1C[C@H]1C[C@@H](C(CO)N(C)C)[C@@](O)(C(=O)CC(N)=O)C(=O)C1=C2O. The molecule has 1 fully saturated rings. The van der Waals surface area contributed by atoms with E-state index in [-0.39, 0.29) is 23.3 Å². The maximum Gasteiger partial charge on any atom is 0.225 e. The molecule has 0 bridgehead atoms. The van der Waals surface area contributed by atoms with Crippen LogP contribution in [-0.2, 0) is 27.3 Å². The molecule has 0 spiro atoms. The van der Waals surface area contributed by atoms with Gasteiger partial charge in [0.25, 0.3) is 0 Å². The number of phenols is 1.